The van der Waals surface area contributed by atoms with Crippen LogP contribution in [0.3, 0.4) is 0 Å². The van der Waals surface area contributed by atoms with Crippen LogP contribution >= 0.6 is 0 Å². The number of hydrogen-bond donors (Lipinski definition) is 10. The van der Waals surface area contributed by atoms with E-state index in [2.05, 4.69) is 45.6 Å². The van der Waals surface area contributed by atoms with Crippen molar-refractivity contribution in [1.29, 1.82) is 0 Å². The SMILES string of the molecule is CCCCc1ccc(-c2ccc(C(=O)N[C@@H](CCCCN)C(=O)N[C@H](C(=O)N[C@@H](C)C(=O)N[C@@H](CCCN)C(=O)N[C@@H](C)B(O)O)C(C)O)cc2)cc1. The molecule has 5 amide bonds. The Morgan fingerprint density at radius 2 is 1.21 bits per heavy atom. The highest BCUT2D eigenvalue weighted by molar-refractivity contribution is 6.43. The maximum atomic E-state index is 13.5. The van der Waals surface area contributed by atoms with Gasteiger partial charge in [-0.15, -0.1) is 0 Å². The highest BCUT2D eigenvalue weighted by Crippen LogP contribution is 2.21. The summed E-state index contributed by atoms with van der Waals surface area (Å²) in [5.74, 6) is -4.53. The van der Waals surface area contributed by atoms with Gasteiger partial charge in [-0.25, -0.2) is 0 Å². The van der Waals surface area contributed by atoms with E-state index >= 15 is 0 Å². The second kappa shape index (κ2) is 23.3. The predicted molar refractivity (Wildman–Crippen MR) is 204 cm³/mol. The second-order valence-electron chi connectivity index (χ2n) is 13.3. The molecule has 1 unspecified atom stereocenters. The molecular formula is C37H58BN7O8. The summed E-state index contributed by atoms with van der Waals surface area (Å²) in [5.41, 5.74) is 14.8. The Bertz CT molecular complexity index is 1460. The largest absolute Gasteiger partial charge is 0.475 e. The molecule has 12 N–H and O–H groups in total. The van der Waals surface area contributed by atoms with Gasteiger partial charge in [0.1, 0.15) is 24.2 Å². The predicted octanol–water partition coefficient (Wildman–Crippen LogP) is 0.0343. The van der Waals surface area contributed by atoms with Crippen molar-refractivity contribution in [3.63, 3.8) is 0 Å². The minimum atomic E-state index is -1.82. The molecule has 0 aromatic heterocycles. The van der Waals surface area contributed by atoms with Gasteiger partial charge in [0.05, 0.1) is 12.0 Å². The van der Waals surface area contributed by atoms with Crippen molar-refractivity contribution in [2.75, 3.05) is 13.1 Å². The number of benzene rings is 2. The highest BCUT2D eigenvalue weighted by atomic mass is 16.4. The van der Waals surface area contributed by atoms with Gasteiger partial charge in [-0.2, -0.15) is 0 Å². The van der Waals surface area contributed by atoms with Crippen molar-refractivity contribution in [3.05, 3.63) is 59.7 Å². The van der Waals surface area contributed by atoms with E-state index in [9.17, 15) is 39.1 Å². The molecule has 292 valence electrons. The van der Waals surface area contributed by atoms with Crippen LogP contribution in [0.15, 0.2) is 48.5 Å². The first-order valence-electron chi connectivity index (χ1n) is 18.4. The minimum Gasteiger partial charge on any atom is -0.426 e. The fourth-order valence-corrected chi connectivity index (χ4v) is 5.38. The first kappa shape index (κ1) is 44.8. The molecule has 2 aromatic rings. The number of aryl methyl sites for hydroxylation is 1. The van der Waals surface area contributed by atoms with Crippen LogP contribution < -0.4 is 38.1 Å². The van der Waals surface area contributed by atoms with Gasteiger partial charge in [-0.05, 0) is 108 Å². The summed E-state index contributed by atoms with van der Waals surface area (Å²) < 4.78 is 0. The Labute approximate surface area is 312 Å². The molecule has 0 aliphatic carbocycles. The van der Waals surface area contributed by atoms with Gasteiger partial charge in [0, 0.05) is 5.56 Å². The second-order valence-corrected chi connectivity index (χ2v) is 13.3. The molecule has 0 aliphatic heterocycles. The number of aliphatic hydroxyl groups is 1. The fourth-order valence-electron chi connectivity index (χ4n) is 5.38. The lowest BCUT2D eigenvalue weighted by atomic mass is 9.81. The number of unbranched alkanes of at least 4 members (excludes halogenated alkanes) is 2. The Kier molecular flexibility index (Phi) is 19.7. The van der Waals surface area contributed by atoms with E-state index < -0.39 is 72.9 Å². The monoisotopic (exact) mass is 739 g/mol. The van der Waals surface area contributed by atoms with Crippen LogP contribution in [0, 0.1) is 0 Å². The first-order chi connectivity index (χ1) is 25.2. The summed E-state index contributed by atoms with van der Waals surface area (Å²) in [6.07, 6.45) is 3.68. The lowest BCUT2D eigenvalue weighted by Crippen LogP contribution is -2.60. The smallest absolute Gasteiger partial charge is 0.426 e. The van der Waals surface area contributed by atoms with Crippen molar-refractivity contribution in [2.24, 2.45) is 11.5 Å². The molecule has 0 spiro atoms. The molecule has 0 radical (unpaired) electrons. The van der Waals surface area contributed by atoms with Crippen LogP contribution in [0.25, 0.3) is 11.1 Å². The van der Waals surface area contributed by atoms with Gasteiger partial charge < -0.3 is 53.2 Å². The molecule has 2 rings (SSSR count). The van der Waals surface area contributed by atoms with Crippen molar-refractivity contribution < 1.29 is 39.1 Å². The lowest BCUT2D eigenvalue weighted by Gasteiger charge is -2.27. The molecule has 0 heterocycles. The van der Waals surface area contributed by atoms with E-state index in [1.807, 2.05) is 24.3 Å². The van der Waals surface area contributed by atoms with E-state index in [-0.39, 0.29) is 19.4 Å². The average molecular weight is 740 g/mol. The van der Waals surface area contributed by atoms with Crippen LogP contribution in [-0.4, -0.2) is 101 Å². The Balaban J connectivity index is 2.11. The van der Waals surface area contributed by atoms with Crippen molar-refractivity contribution in [3.8, 4) is 11.1 Å². The van der Waals surface area contributed by atoms with Crippen molar-refractivity contribution in [2.45, 2.75) is 115 Å². The van der Waals surface area contributed by atoms with Crippen molar-refractivity contribution in [1.82, 2.24) is 26.6 Å². The third kappa shape index (κ3) is 15.3. The molecule has 53 heavy (non-hydrogen) atoms. The lowest BCUT2D eigenvalue weighted by molar-refractivity contribution is -0.135. The maximum Gasteiger partial charge on any atom is 0.475 e. The quantitative estimate of drug-likeness (QED) is 0.0541. The fraction of sp³-hybridized carbons (Fsp3) is 0.541. The molecule has 6 atom stereocenters. The Hall–Kier alpha value is -4.35. The average Bonchev–Trinajstić information content (AvgIpc) is 3.13. The summed E-state index contributed by atoms with van der Waals surface area (Å²) in [6, 6.07) is 10.4. The molecule has 15 nitrogen and oxygen atoms in total. The van der Waals surface area contributed by atoms with Gasteiger partial charge in [0.25, 0.3) is 5.91 Å². The zero-order valence-corrected chi connectivity index (χ0v) is 31.3. The van der Waals surface area contributed by atoms with E-state index in [0.29, 0.717) is 31.4 Å². The number of hydrogen-bond acceptors (Lipinski definition) is 10. The number of carbonyl (C=O) groups excluding carboxylic acids is 5. The Morgan fingerprint density at radius 3 is 1.75 bits per heavy atom. The maximum absolute atomic E-state index is 13.5. The van der Waals surface area contributed by atoms with E-state index in [1.54, 1.807) is 12.1 Å². The number of carbonyl (C=O) groups is 5. The molecule has 0 aliphatic rings. The third-order valence-corrected chi connectivity index (χ3v) is 8.78. The molecule has 0 saturated carbocycles. The molecule has 0 bridgehead atoms. The van der Waals surface area contributed by atoms with Crippen LogP contribution in [0.1, 0.15) is 88.6 Å². The molecule has 2 aromatic carbocycles. The topological polar surface area (TPSA) is 258 Å². The standard InChI is InChI=1S/C37H58BN7O8/c1-5-6-10-26-13-15-27(16-14-26)28-17-19-29(20-18-28)34(48)44-30(11-7-8-21-39)36(50)45-32(24(3)46)37(51)41-23(2)33(47)43-31(12-9-22-40)35(49)42-25(4)38(52)53/h13-20,23-25,30-32,46,52-53H,5-12,21-22,39-40H2,1-4H3,(H,41,51)(H,42,49)(H,43,47)(H,44,48)(H,45,50)/t23-,24?,25-,30-,31-,32-/m0/s1. The summed E-state index contributed by atoms with van der Waals surface area (Å²) in [6.45, 7) is 6.78. The van der Waals surface area contributed by atoms with Gasteiger partial charge in [0.15, 0.2) is 0 Å². The van der Waals surface area contributed by atoms with E-state index in [4.69, 9.17) is 11.5 Å². The van der Waals surface area contributed by atoms with Crippen LogP contribution in [0.4, 0.5) is 0 Å². The van der Waals surface area contributed by atoms with Crippen LogP contribution in [0.5, 0.6) is 0 Å². The summed E-state index contributed by atoms with van der Waals surface area (Å²) in [7, 11) is -1.82. The molecule has 16 heteroatoms. The number of rotatable bonds is 23. The zero-order chi connectivity index (χ0) is 39.5. The Morgan fingerprint density at radius 1 is 0.660 bits per heavy atom. The number of nitrogens with one attached hydrogen (secondary N) is 5. The number of amides is 5. The normalized spacial score (nSPS) is 14.4. The van der Waals surface area contributed by atoms with Gasteiger partial charge in [-0.1, -0.05) is 49.7 Å². The number of nitrogens with two attached hydrogens (primary N) is 2. The third-order valence-electron chi connectivity index (χ3n) is 8.78. The highest BCUT2D eigenvalue weighted by Gasteiger charge is 2.33. The zero-order valence-electron chi connectivity index (χ0n) is 31.3. The summed E-state index contributed by atoms with van der Waals surface area (Å²) >= 11 is 0. The first-order valence-corrected chi connectivity index (χ1v) is 18.4. The van der Waals surface area contributed by atoms with Gasteiger partial charge >= 0.3 is 7.12 Å². The minimum absolute atomic E-state index is 0.143. The molecular weight excluding hydrogens is 681 g/mol. The summed E-state index contributed by atoms with van der Waals surface area (Å²) in [5, 5.41) is 41.7. The van der Waals surface area contributed by atoms with Crippen LogP contribution in [-0.2, 0) is 25.6 Å². The van der Waals surface area contributed by atoms with E-state index in [0.717, 1.165) is 30.4 Å². The van der Waals surface area contributed by atoms with Crippen molar-refractivity contribution >= 4 is 36.7 Å². The molecule has 0 fully saturated rings. The van der Waals surface area contributed by atoms with Crippen LogP contribution in [0.2, 0.25) is 0 Å². The van der Waals surface area contributed by atoms with E-state index in [1.165, 1.54) is 26.3 Å². The number of aliphatic hydroxyl groups excluding tert-OH is 1. The van der Waals surface area contributed by atoms with Gasteiger partial charge in [0.2, 0.25) is 23.6 Å². The summed E-state index contributed by atoms with van der Waals surface area (Å²) in [4.78, 5) is 65.8. The van der Waals surface area contributed by atoms with Gasteiger partial charge in [-0.3, -0.25) is 24.0 Å². The molecule has 0 saturated heterocycles.